The zero-order chi connectivity index (χ0) is 15.9. The molecule has 2 aliphatic heterocycles. The van der Waals surface area contributed by atoms with Crippen molar-refractivity contribution in [3.63, 3.8) is 0 Å². The molecule has 126 valence electrons. The van der Waals surface area contributed by atoms with Crippen molar-refractivity contribution in [3.8, 4) is 0 Å². The van der Waals surface area contributed by atoms with E-state index >= 15 is 0 Å². The maximum Gasteiger partial charge on any atom is 0.193 e. The van der Waals surface area contributed by atoms with Gasteiger partial charge in [-0.05, 0) is 25.0 Å². The maximum atomic E-state index is 5.40. The highest BCUT2D eigenvalue weighted by molar-refractivity contribution is 5.80. The van der Waals surface area contributed by atoms with E-state index in [2.05, 4.69) is 34.2 Å². The monoisotopic (exact) mass is 316 g/mol. The first-order chi connectivity index (χ1) is 11.4. The van der Waals surface area contributed by atoms with Crippen molar-refractivity contribution < 1.29 is 4.42 Å². The molecule has 1 saturated heterocycles. The summed E-state index contributed by atoms with van der Waals surface area (Å²) in [4.78, 5) is 9.74. The van der Waals surface area contributed by atoms with E-state index in [0.717, 1.165) is 63.8 Å². The smallest absolute Gasteiger partial charge is 0.193 e. The van der Waals surface area contributed by atoms with Crippen molar-refractivity contribution in [2.45, 2.75) is 32.2 Å². The fourth-order valence-corrected chi connectivity index (χ4v) is 3.26. The van der Waals surface area contributed by atoms with Crippen molar-refractivity contribution in [2.75, 3.05) is 39.3 Å². The quantitative estimate of drug-likeness (QED) is 0.496. The molecule has 1 N–H and O–H groups in total. The summed E-state index contributed by atoms with van der Waals surface area (Å²) in [6.45, 7) is 8.30. The summed E-state index contributed by atoms with van der Waals surface area (Å²) in [5.41, 5.74) is 0. The minimum Gasteiger partial charge on any atom is -0.469 e. The van der Waals surface area contributed by atoms with Gasteiger partial charge in [-0.25, -0.2) is 0 Å². The van der Waals surface area contributed by atoms with Crippen LogP contribution in [0.15, 0.2) is 40.0 Å². The fourth-order valence-electron chi connectivity index (χ4n) is 3.26. The van der Waals surface area contributed by atoms with Crippen LogP contribution in [0.25, 0.3) is 0 Å². The molecule has 3 heterocycles. The van der Waals surface area contributed by atoms with Gasteiger partial charge in [-0.1, -0.05) is 19.1 Å². The summed E-state index contributed by atoms with van der Waals surface area (Å²) < 4.78 is 5.40. The van der Waals surface area contributed by atoms with Crippen LogP contribution in [-0.4, -0.2) is 61.1 Å². The van der Waals surface area contributed by atoms with Crippen LogP contribution in [0.3, 0.4) is 0 Å². The molecule has 0 radical (unpaired) electrons. The van der Waals surface area contributed by atoms with Crippen molar-refractivity contribution in [1.82, 2.24) is 15.1 Å². The van der Waals surface area contributed by atoms with Crippen molar-refractivity contribution in [1.29, 1.82) is 0 Å². The Morgan fingerprint density at radius 3 is 3.00 bits per heavy atom. The summed E-state index contributed by atoms with van der Waals surface area (Å²) in [6, 6.07) is 4.62. The molecular weight excluding hydrogens is 288 g/mol. The first-order valence-corrected chi connectivity index (χ1v) is 8.81. The summed E-state index contributed by atoms with van der Waals surface area (Å²) in [7, 11) is 0. The van der Waals surface area contributed by atoms with Gasteiger partial charge in [0.1, 0.15) is 5.76 Å². The van der Waals surface area contributed by atoms with Crippen LogP contribution in [-0.2, 0) is 6.42 Å². The molecule has 0 bridgehead atoms. The number of rotatable bonds is 6. The molecule has 3 rings (SSSR count). The van der Waals surface area contributed by atoms with Crippen LogP contribution in [0.5, 0.6) is 0 Å². The van der Waals surface area contributed by atoms with E-state index < -0.39 is 0 Å². The highest BCUT2D eigenvalue weighted by Crippen LogP contribution is 2.18. The molecule has 1 aromatic rings. The third-order valence-electron chi connectivity index (χ3n) is 4.55. The summed E-state index contributed by atoms with van der Waals surface area (Å²) in [5.74, 6) is 2.09. The number of hydrogen-bond acceptors (Lipinski definition) is 3. The molecule has 23 heavy (non-hydrogen) atoms. The van der Waals surface area contributed by atoms with Gasteiger partial charge in [0.05, 0.1) is 6.26 Å². The average Bonchev–Trinajstić information content (AvgIpc) is 3.32. The van der Waals surface area contributed by atoms with Crippen LogP contribution in [0, 0.1) is 0 Å². The number of likely N-dealkylation sites (tertiary alicyclic amines) is 1. The minimum atomic E-state index is 0.656. The van der Waals surface area contributed by atoms with Crippen molar-refractivity contribution >= 4 is 5.96 Å². The molecule has 0 spiro atoms. The van der Waals surface area contributed by atoms with Gasteiger partial charge in [-0.15, -0.1) is 0 Å². The Kier molecular flexibility index (Phi) is 5.75. The SMILES string of the molecule is CCCN=C(NCCc1ccco1)N1CCC(N2CC=CC2)C1. The van der Waals surface area contributed by atoms with Gasteiger partial charge in [-0.2, -0.15) is 0 Å². The lowest BCUT2D eigenvalue weighted by atomic mass is 10.2. The van der Waals surface area contributed by atoms with Crippen molar-refractivity contribution in [2.24, 2.45) is 4.99 Å². The first-order valence-electron chi connectivity index (χ1n) is 8.81. The Morgan fingerprint density at radius 1 is 1.39 bits per heavy atom. The van der Waals surface area contributed by atoms with Gasteiger partial charge in [0, 0.05) is 51.7 Å². The first kappa shape index (κ1) is 16.1. The number of aliphatic imine (C=N–C) groups is 1. The molecule has 0 aliphatic carbocycles. The van der Waals surface area contributed by atoms with Gasteiger partial charge in [0.25, 0.3) is 0 Å². The van der Waals surface area contributed by atoms with Crippen LogP contribution in [0.1, 0.15) is 25.5 Å². The topological polar surface area (TPSA) is 44.0 Å². The predicted octanol–water partition coefficient (Wildman–Crippen LogP) is 2.12. The molecule has 1 aromatic heterocycles. The van der Waals surface area contributed by atoms with E-state index in [0.29, 0.717) is 6.04 Å². The van der Waals surface area contributed by atoms with E-state index in [9.17, 15) is 0 Å². The van der Waals surface area contributed by atoms with Gasteiger partial charge in [0.15, 0.2) is 5.96 Å². The number of nitrogens with one attached hydrogen (secondary N) is 1. The Labute approximate surface area is 139 Å². The Balaban J connectivity index is 1.51. The van der Waals surface area contributed by atoms with Gasteiger partial charge in [-0.3, -0.25) is 9.89 Å². The molecular formula is C18H28N4O. The highest BCUT2D eigenvalue weighted by atomic mass is 16.3. The van der Waals surface area contributed by atoms with Gasteiger partial charge in [0.2, 0.25) is 0 Å². The second kappa shape index (κ2) is 8.20. The minimum absolute atomic E-state index is 0.656. The average molecular weight is 316 g/mol. The van der Waals surface area contributed by atoms with Crippen LogP contribution in [0.2, 0.25) is 0 Å². The zero-order valence-corrected chi connectivity index (χ0v) is 14.1. The van der Waals surface area contributed by atoms with Gasteiger partial charge >= 0.3 is 0 Å². The molecule has 0 saturated carbocycles. The third-order valence-corrected chi connectivity index (χ3v) is 4.55. The van der Waals surface area contributed by atoms with Crippen LogP contribution < -0.4 is 5.32 Å². The predicted molar refractivity (Wildman–Crippen MR) is 93.7 cm³/mol. The maximum absolute atomic E-state index is 5.40. The van der Waals surface area contributed by atoms with E-state index in [1.807, 2.05) is 12.1 Å². The van der Waals surface area contributed by atoms with Crippen LogP contribution >= 0.6 is 0 Å². The second-order valence-electron chi connectivity index (χ2n) is 6.28. The fraction of sp³-hybridized carbons (Fsp3) is 0.611. The third kappa shape index (κ3) is 4.38. The van der Waals surface area contributed by atoms with E-state index in [1.54, 1.807) is 6.26 Å². The largest absolute Gasteiger partial charge is 0.469 e. The number of guanidine groups is 1. The second-order valence-corrected chi connectivity index (χ2v) is 6.28. The van der Waals surface area contributed by atoms with Crippen LogP contribution in [0.4, 0.5) is 0 Å². The lowest BCUT2D eigenvalue weighted by Gasteiger charge is -2.25. The number of nitrogens with zero attached hydrogens (tertiary/aromatic N) is 3. The molecule has 5 heteroatoms. The number of hydrogen-bond donors (Lipinski definition) is 1. The molecule has 2 aliphatic rings. The summed E-state index contributed by atoms with van der Waals surface area (Å²) in [6.07, 6.45) is 9.48. The van der Waals surface area contributed by atoms with Crippen molar-refractivity contribution in [3.05, 3.63) is 36.3 Å². The Hall–Kier alpha value is -1.75. The molecule has 5 nitrogen and oxygen atoms in total. The molecule has 0 amide bonds. The molecule has 1 atom stereocenters. The van der Waals surface area contributed by atoms with E-state index in [-0.39, 0.29) is 0 Å². The van der Waals surface area contributed by atoms with E-state index in [1.165, 1.54) is 6.42 Å². The lowest BCUT2D eigenvalue weighted by molar-refractivity contribution is 0.259. The number of furan rings is 1. The molecule has 1 unspecified atom stereocenters. The summed E-state index contributed by atoms with van der Waals surface area (Å²) in [5, 5.41) is 3.53. The normalized spacial score (nSPS) is 22.2. The van der Waals surface area contributed by atoms with E-state index in [4.69, 9.17) is 9.41 Å². The zero-order valence-electron chi connectivity index (χ0n) is 14.1. The Morgan fingerprint density at radius 2 is 2.26 bits per heavy atom. The highest BCUT2D eigenvalue weighted by Gasteiger charge is 2.29. The molecule has 1 fully saturated rings. The summed E-state index contributed by atoms with van der Waals surface area (Å²) >= 11 is 0. The lowest BCUT2D eigenvalue weighted by Crippen LogP contribution is -2.43. The Bertz CT molecular complexity index is 515. The standard InChI is InChI=1S/C18H28N4O/c1-2-9-19-18(20-10-7-17-6-5-14-23-17)22-13-8-16(15-22)21-11-3-4-12-21/h3-6,14,16H,2,7-13,15H2,1H3,(H,19,20). The van der Waals surface area contributed by atoms with Gasteiger partial charge < -0.3 is 14.6 Å². The molecule has 0 aromatic carbocycles.